The molecule has 1 aromatic carbocycles. The van der Waals surface area contributed by atoms with Gasteiger partial charge in [0.15, 0.2) is 0 Å². The second-order valence-corrected chi connectivity index (χ2v) is 4.44. The number of nitrogens with one attached hydrogen (secondary N) is 1. The normalized spacial score (nSPS) is 10.2. The van der Waals surface area contributed by atoms with E-state index < -0.39 is 0 Å². The zero-order valence-electron chi connectivity index (χ0n) is 11.0. The van der Waals surface area contributed by atoms with Gasteiger partial charge >= 0.3 is 0 Å². The van der Waals surface area contributed by atoms with E-state index in [2.05, 4.69) is 10.3 Å². The SMILES string of the molecule is Cc1ccc(NC(=O)Cc2ccccc2O)c(C)n1. The third kappa shape index (κ3) is 3.31. The molecule has 98 valence electrons. The van der Waals surface area contributed by atoms with Crippen LogP contribution in [-0.2, 0) is 11.2 Å². The predicted octanol–water partition coefficient (Wildman–Crippen LogP) is 2.59. The van der Waals surface area contributed by atoms with Crippen LogP contribution in [0.5, 0.6) is 5.75 Å². The maximum absolute atomic E-state index is 11.9. The Morgan fingerprint density at radius 2 is 1.95 bits per heavy atom. The van der Waals surface area contributed by atoms with E-state index in [4.69, 9.17) is 0 Å². The largest absolute Gasteiger partial charge is 0.508 e. The molecule has 19 heavy (non-hydrogen) atoms. The Kier molecular flexibility index (Phi) is 3.80. The van der Waals surface area contributed by atoms with Crippen molar-refractivity contribution in [2.75, 3.05) is 5.32 Å². The van der Waals surface area contributed by atoms with Crippen LogP contribution in [0.4, 0.5) is 5.69 Å². The monoisotopic (exact) mass is 256 g/mol. The summed E-state index contributed by atoms with van der Waals surface area (Å²) in [5, 5.41) is 12.4. The number of aryl methyl sites for hydroxylation is 2. The van der Waals surface area contributed by atoms with E-state index in [0.717, 1.165) is 11.4 Å². The highest BCUT2D eigenvalue weighted by Gasteiger charge is 2.09. The molecule has 0 saturated carbocycles. The van der Waals surface area contributed by atoms with Gasteiger partial charge in [0.25, 0.3) is 0 Å². The average Bonchev–Trinajstić information content (AvgIpc) is 2.36. The van der Waals surface area contributed by atoms with Gasteiger partial charge in [0.05, 0.1) is 17.8 Å². The molecule has 0 aliphatic carbocycles. The van der Waals surface area contributed by atoms with Crippen LogP contribution in [0.15, 0.2) is 36.4 Å². The van der Waals surface area contributed by atoms with Crippen molar-refractivity contribution in [3.8, 4) is 5.75 Å². The molecule has 2 rings (SSSR count). The first-order valence-electron chi connectivity index (χ1n) is 6.07. The number of aromatic nitrogens is 1. The molecule has 0 radical (unpaired) electrons. The Morgan fingerprint density at radius 3 is 2.63 bits per heavy atom. The second kappa shape index (κ2) is 5.52. The molecule has 0 aliphatic heterocycles. The number of hydrogen-bond acceptors (Lipinski definition) is 3. The van der Waals surface area contributed by atoms with E-state index in [9.17, 15) is 9.90 Å². The van der Waals surface area contributed by atoms with Crippen LogP contribution in [0.1, 0.15) is 17.0 Å². The zero-order chi connectivity index (χ0) is 13.8. The van der Waals surface area contributed by atoms with Gasteiger partial charge in [-0.15, -0.1) is 0 Å². The maximum Gasteiger partial charge on any atom is 0.228 e. The summed E-state index contributed by atoms with van der Waals surface area (Å²) in [6.45, 7) is 3.75. The Labute approximate surface area is 112 Å². The van der Waals surface area contributed by atoms with Crippen LogP contribution in [-0.4, -0.2) is 16.0 Å². The number of amides is 1. The molecule has 0 bridgehead atoms. The van der Waals surface area contributed by atoms with Crippen LogP contribution < -0.4 is 5.32 Å². The third-order valence-corrected chi connectivity index (χ3v) is 2.84. The highest BCUT2D eigenvalue weighted by Crippen LogP contribution is 2.18. The lowest BCUT2D eigenvalue weighted by Crippen LogP contribution is -2.15. The number of hydrogen-bond donors (Lipinski definition) is 2. The first kappa shape index (κ1) is 13.1. The zero-order valence-corrected chi connectivity index (χ0v) is 11.0. The van der Waals surface area contributed by atoms with Crippen molar-refractivity contribution in [3.05, 3.63) is 53.3 Å². The summed E-state index contributed by atoms with van der Waals surface area (Å²) < 4.78 is 0. The van der Waals surface area contributed by atoms with Crippen LogP contribution in [0.3, 0.4) is 0 Å². The van der Waals surface area contributed by atoms with Gasteiger partial charge in [-0.1, -0.05) is 18.2 Å². The fourth-order valence-electron chi connectivity index (χ4n) is 1.85. The Hall–Kier alpha value is -2.36. The molecule has 1 heterocycles. The molecule has 0 aliphatic rings. The fourth-order valence-corrected chi connectivity index (χ4v) is 1.85. The van der Waals surface area contributed by atoms with Gasteiger partial charge in [-0.2, -0.15) is 0 Å². The van der Waals surface area contributed by atoms with Crippen molar-refractivity contribution in [1.82, 2.24) is 4.98 Å². The lowest BCUT2D eigenvalue weighted by molar-refractivity contribution is -0.115. The quantitative estimate of drug-likeness (QED) is 0.887. The molecule has 0 spiro atoms. The van der Waals surface area contributed by atoms with Gasteiger partial charge in [0.2, 0.25) is 5.91 Å². The predicted molar refractivity (Wildman–Crippen MR) is 74.2 cm³/mol. The average molecular weight is 256 g/mol. The maximum atomic E-state index is 11.9. The Balaban J connectivity index is 2.08. The number of phenols is 1. The summed E-state index contributed by atoms with van der Waals surface area (Å²) in [4.78, 5) is 16.2. The molecule has 0 saturated heterocycles. The number of benzene rings is 1. The molecule has 4 heteroatoms. The summed E-state index contributed by atoms with van der Waals surface area (Å²) in [5.41, 5.74) is 3.01. The minimum Gasteiger partial charge on any atom is -0.508 e. The number of pyridine rings is 1. The van der Waals surface area contributed by atoms with Gasteiger partial charge in [0.1, 0.15) is 5.75 Å². The molecule has 0 fully saturated rings. The first-order chi connectivity index (χ1) is 9.06. The summed E-state index contributed by atoms with van der Waals surface area (Å²) in [7, 11) is 0. The third-order valence-electron chi connectivity index (χ3n) is 2.84. The lowest BCUT2D eigenvalue weighted by atomic mass is 10.1. The number of para-hydroxylation sites is 1. The number of rotatable bonds is 3. The highest BCUT2D eigenvalue weighted by atomic mass is 16.3. The standard InChI is InChI=1S/C15H16N2O2/c1-10-7-8-13(11(2)16-10)17-15(19)9-12-5-3-4-6-14(12)18/h3-8,18H,9H2,1-2H3,(H,17,19). The summed E-state index contributed by atoms with van der Waals surface area (Å²) >= 11 is 0. The van der Waals surface area contributed by atoms with Gasteiger partial charge in [-0.05, 0) is 32.0 Å². The summed E-state index contributed by atoms with van der Waals surface area (Å²) in [6.07, 6.45) is 0.139. The van der Waals surface area contributed by atoms with Gasteiger partial charge < -0.3 is 10.4 Å². The minimum atomic E-state index is -0.171. The van der Waals surface area contributed by atoms with Crippen molar-refractivity contribution in [1.29, 1.82) is 0 Å². The number of phenolic OH excluding ortho intramolecular Hbond substituents is 1. The lowest BCUT2D eigenvalue weighted by Gasteiger charge is -2.09. The number of carbonyl (C=O) groups is 1. The molecule has 1 amide bonds. The fraction of sp³-hybridized carbons (Fsp3) is 0.200. The van der Waals surface area contributed by atoms with Crippen molar-refractivity contribution in [2.45, 2.75) is 20.3 Å². The summed E-state index contributed by atoms with van der Waals surface area (Å²) in [5.74, 6) is -0.0355. The smallest absolute Gasteiger partial charge is 0.228 e. The second-order valence-electron chi connectivity index (χ2n) is 4.44. The molecule has 0 atom stereocenters. The van der Waals surface area contributed by atoms with E-state index >= 15 is 0 Å². The number of carbonyl (C=O) groups excluding carboxylic acids is 1. The van der Waals surface area contributed by atoms with E-state index in [1.807, 2.05) is 26.0 Å². The van der Waals surface area contributed by atoms with Crippen LogP contribution in [0.2, 0.25) is 0 Å². The van der Waals surface area contributed by atoms with Crippen LogP contribution in [0, 0.1) is 13.8 Å². The number of nitrogens with zero attached hydrogens (tertiary/aromatic N) is 1. The van der Waals surface area contributed by atoms with Gasteiger partial charge in [-0.25, -0.2) is 0 Å². The van der Waals surface area contributed by atoms with Gasteiger partial charge in [-0.3, -0.25) is 9.78 Å². The van der Waals surface area contributed by atoms with E-state index in [-0.39, 0.29) is 18.1 Å². The topological polar surface area (TPSA) is 62.2 Å². The van der Waals surface area contributed by atoms with Crippen molar-refractivity contribution < 1.29 is 9.90 Å². The molecule has 2 aromatic rings. The summed E-state index contributed by atoms with van der Waals surface area (Å²) in [6, 6.07) is 10.5. The van der Waals surface area contributed by atoms with Crippen LogP contribution >= 0.6 is 0 Å². The number of anilines is 1. The Morgan fingerprint density at radius 1 is 1.21 bits per heavy atom. The highest BCUT2D eigenvalue weighted by molar-refractivity contribution is 5.93. The molecule has 1 aromatic heterocycles. The first-order valence-corrected chi connectivity index (χ1v) is 6.07. The molecule has 4 nitrogen and oxygen atoms in total. The van der Waals surface area contributed by atoms with E-state index in [0.29, 0.717) is 11.3 Å². The minimum absolute atomic E-state index is 0.136. The molecular formula is C15H16N2O2. The number of aromatic hydroxyl groups is 1. The van der Waals surface area contributed by atoms with Crippen molar-refractivity contribution in [3.63, 3.8) is 0 Å². The molecule has 0 unspecified atom stereocenters. The van der Waals surface area contributed by atoms with Crippen molar-refractivity contribution >= 4 is 11.6 Å². The van der Waals surface area contributed by atoms with E-state index in [1.165, 1.54) is 0 Å². The molecule has 2 N–H and O–H groups in total. The molecular weight excluding hydrogens is 240 g/mol. The van der Waals surface area contributed by atoms with Gasteiger partial charge in [0, 0.05) is 11.3 Å². The van der Waals surface area contributed by atoms with Crippen molar-refractivity contribution in [2.24, 2.45) is 0 Å². The van der Waals surface area contributed by atoms with E-state index in [1.54, 1.807) is 24.3 Å². The van der Waals surface area contributed by atoms with Crippen LogP contribution in [0.25, 0.3) is 0 Å². The Bertz CT molecular complexity index is 609.